The molecule has 0 spiro atoms. The van der Waals surface area contributed by atoms with Gasteiger partial charge in [0.2, 0.25) is 0 Å². The highest BCUT2D eigenvalue weighted by molar-refractivity contribution is 7.10. The zero-order valence-electron chi connectivity index (χ0n) is 11.9. The van der Waals surface area contributed by atoms with E-state index in [0.29, 0.717) is 6.54 Å². The monoisotopic (exact) mass is 306 g/mol. The molecule has 5 nitrogen and oxygen atoms in total. The summed E-state index contributed by atoms with van der Waals surface area (Å²) in [7, 11) is 0. The third-order valence-corrected chi connectivity index (χ3v) is 4.51. The third-order valence-electron chi connectivity index (χ3n) is 3.39. The Morgan fingerprint density at radius 1 is 1.43 bits per heavy atom. The van der Waals surface area contributed by atoms with Crippen molar-refractivity contribution in [3.05, 3.63) is 62.3 Å². The minimum Gasteiger partial charge on any atom is -0.383 e. The number of benzene rings is 1. The maximum atomic E-state index is 10.8. The van der Waals surface area contributed by atoms with Gasteiger partial charge in [-0.2, -0.15) is 0 Å². The molecule has 0 amide bonds. The Labute approximate surface area is 127 Å². The van der Waals surface area contributed by atoms with Gasteiger partial charge in [0.1, 0.15) is 5.60 Å². The summed E-state index contributed by atoms with van der Waals surface area (Å²) >= 11 is 1.50. The number of rotatable bonds is 6. The van der Waals surface area contributed by atoms with Gasteiger partial charge in [0.15, 0.2) is 0 Å². The first-order valence-corrected chi connectivity index (χ1v) is 7.52. The lowest BCUT2D eigenvalue weighted by Crippen LogP contribution is -2.36. The van der Waals surface area contributed by atoms with Crippen LogP contribution in [0.25, 0.3) is 0 Å². The quantitative estimate of drug-likeness (QED) is 0.634. The topological polar surface area (TPSA) is 75.4 Å². The normalized spacial score (nSPS) is 15.4. The smallest absolute Gasteiger partial charge is 0.269 e. The molecular formula is C15H18N2O3S. The molecule has 1 aromatic heterocycles. The molecule has 0 aliphatic carbocycles. The molecule has 0 radical (unpaired) electrons. The Bertz CT molecular complexity index is 611. The van der Waals surface area contributed by atoms with Crippen molar-refractivity contribution in [1.29, 1.82) is 0 Å². The van der Waals surface area contributed by atoms with E-state index in [1.165, 1.54) is 17.4 Å². The summed E-state index contributed by atoms with van der Waals surface area (Å²) in [6.07, 6.45) is 0. The second-order valence-electron chi connectivity index (χ2n) is 5.21. The summed E-state index contributed by atoms with van der Waals surface area (Å²) in [6, 6.07) is 10.2. The molecule has 2 aromatic rings. The van der Waals surface area contributed by atoms with Gasteiger partial charge in [0.05, 0.1) is 4.92 Å². The van der Waals surface area contributed by atoms with Crippen LogP contribution in [0.3, 0.4) is 0 Å². The molecule has 0 fully saturated rings. The Morgan fingerprint density at radius 3 is 2.81 bits per heavy atom. The lowest BCUT2D eigenvalue weighted by Gasteiger charge is -2.25. The van der Waals surface area contributed by atoms with Crippen LogP contribution in [0.4, 0.5) is 5.69 Å². The minimum atomic E-state index is -0.955. The fraction of sp³-hybridized carbons (Fsp3) is 0.333. The molecule has 0 saturated carbocycles. The van der Waals surface area contributed by atoms with Gasteiger partial charge < -0.3 is 10.4 Å². The van der Waals surface area contributed by atoms with Crippen molar-refractivity contribution in [2.75, 3.05) is 6.54 Å². The van der Waals surface area contributed by atoms with Gasteiger partial charge in [-0.3, -0.25) is 10.1 Å². The van der Waals surface area contributed by atoms with E-state index < -0.39 is 10.5 Å². The first-order chi connectivity index (χ1) is 9.90. The summed E-state index contributed by atoms with van der Waals surface area (Å²) < 4.78 is 0. The molecule has 0 aliphatic rings. The Kier molecular flexibility index (Phi) is 4.72. The lowest BCUT2D eigenvalue weighted by molar-refractivity contribution is -0.384. The van der Waals surface area contributed by atoms with Crippen LogP contribution < -0.4 is 5.32 Å². The molecule has 1 heterocycles. The molecule has 112 valence electrons. The fourth-order valence-electron chi connectivity index (χ4n) is 2.05. The van der Waals surface area contributed by atoms with E-state index in [4.69, 9.17) is 0 Å². The number of nitrogens with zero attached hydrogens (tertiary/aromatic N) is 1. The highest BCUT2D eigenvalue weighted by Gasteiger charge is 2.24. The standard InChI is InChI=1S/C15H18N2O3S/c1-11(12-5-3-6-13(9-12)17(19)20)16-10-15(2,18)14-7-4-8-21-14/h3-9,11,16,18H,10H2,1-2H3. The lowest BCUT2D eigenvalue weighted by atomic mass is 10.0. The van der Waals surface area contributed by atoms with Crippen LogP contribution in [0.1, 0.15) is 30.3 Å². The van der Waals surface area contributed by atoms with Gasteiger partial charge in [-0.1, -0.05) is 18.2 Å². The number of thiophene rings is 1. The van der Waals surface area contributed by atoms with Crippen LogP contribution in [-0.2, 0) is 5.60 Å². The SMILES string of the molecule is CC(NCC(C)(O)c1cccs1)c1cccc([N+](=O)[O-])c1. The van der Waals surface area contributed by atoms with E-state index in [-0.39, 0.29) is 11.7 Å². The molecule has 2 rings (SSSR count). The minimum absolute atomic E-state index is 0.0752. The molecule has 2 atom stereocenters. The van der Waals surface area contributed by atoms with Crippen LogP contribution in [0.15, 0.2) is 41.8 Å². The number of non-ortho nitro benzene ring substituents is 1. The summed E-state index contributed by atoms with van der Waals surface area (Å²) in [5.74, 6) is 0. The average Bonchev–Trinajstić information content (AvgIpc) is 3.00. The second kappa shape index (κ2) is 6.34. The van der Waals surface area contributed by atoms with Gasteiger partial charge in [0, 0.05) is 29.6 Å². The van der Waals surface area contributed by atoms with E-state index in [0.717, 1.165) is 10.4 Å². The second-order valence-corrected chi connectivity index (χ2v) is 6.15. The zero-order valence-corrected chi connectivity index (χ0v) is 12.8. The van der Waals surface area contributed by atoms with Crippen molar-refractivity contribution >= 4 is 17.0 Å². The summed E-state index contributed by atoms with van der Waals surface area (Å²) in [5, 5.41) is 26.4. The fourth-order valence-corrected chi connectivity index (χ4v) is 2.84. The van der Waals surface area contributed by atoms with Crippen molar-refractivity contribution in [2.45, 2.75) is 25.5 Å². The van der Waals surface area contributed by atoms with Gasteiger partial charge >= 0.3 is 0 Å². The van der Waals surface area contributed by atoms with Crippen LogP contribution in [0, 0.1) is 10.1 Å². The molecule has 0 bridgehead atoms. The summed E-state index contributed by atoms with van der Waals surface area (Å²) in [4.78, 5) is 11.3. The molecule has 21 heavy (non-hydrogen) atoms. The van der Waals surface area contributed by atoms with Crippen LogP contribution >= 0.6 is 11.3 Å². The predicted molar refractivity (Wildman–Crippen MR) is 83.4 cm³/mol. The Balaban J connectivity index is 2.03. The van der Waals surface area contributed by atoms with Crippen LogP contribution in [0.5, 0.6) is 0 Å². The van der Waals surface area contributed by atoms with Crippen molar-refractivity contribution in [3.8, 4) is 0 Å². The van der Waals surface area contributed by atoms with Crippen LogP contribution in [0.2, 0.25) is 0 Å². The summed E-state index contributed by atoms with van der Waals surface area (Å²) in [6.45, 7) is 4.05. The largest absolute Gasteiger partial charge is 0.383 e. The molecule has 1 aromatic carbocycles. The molecule has 6 heteroatoms. The van der Waals surface area contributed by atoms with Crippen molar-refractivity contribution < 1.29 is 10.0 Å². The van der Waals surface area contributed by atoms with Crippen LogP contribution in [-0.4, -0.2) is 16.6 Å². The first-order valence-electron chi connectivity index (χ1n) is 6.64. The van der Waals surface area contributed by atoms with Crippen molar-refractivity contribution in [3.63, 3.8) is 0 Å². The third kappa shape index (κ3) is 3.87. The average molecular weight is 306 g/mol. The van der Waals surface area contributed by atoms with Crippen molar-refractivity contribution in [1.82, 2.24) is 5.32 Å². The van der Waals surface area contributed by atoms with Gasteiger partial charge in [-0.05, 0) is 30.9 Å². The number of nitrogens with one attached hydrogen (secondary N) is 1. The van der Waals surface area contributed by atoms with Gasteiger partial charge in [-0.15, -0.1) is 11.3 Å². The van der Waals surface area contributed by atoms with E-state index >= 15 is 0 Å². The Hall–Kier alpha value is -1.76. The molecule has 0 aliphatic heterocycles. The van der Waals surface area contributed by atoms with Gasteiger partial charge in [0.25, 0.3) is 5.69 Å². The number of hydrogen-bond donors (Lipinski definition) is 2. The molecule has 0 saturated heterocycles. The molecular weight excluding hydrogens is 288 g/mol. The van der Waals surface area contributed by atoms with E-state index in [2.05, 4.69) is 5.32 Å². The highest BCUT2D eigenvalue weighted by Crippen LogP contribution is 2.26. The summed E-state index contributed by atoms with van der Waals surface area (Å²) in [5.41, 5.74) is -0.0549. The van der Waals surface area contributed by atoms with E-state index in [9.17, 15) is 15.2 Å². The number of nitro groups is 1. The molecule has 2 unspecified atom stereocenters. The Morgan fingerprint density at radius 2 is 2.19 bits per heavy atom. The maximum Gasteiger partial charge on any atom is 0.269 e. The van der Waals surface area contributed by atoms with Crippen molar-refractivity contribution in [2.24, 2.45) is 0 Å². The first kappa shape index (κ1) is 15.6. The molecule has 2 N–H and O–H groups in total. The maximum absolute atomic E-state index is 10.8. The zero-order chi connectivity index (χ0) is 15.5. The van der Waals surface area contributed by atoms with E-state index in [1.807, 2.05) is 30.5 Å². The number of nitro benzene ring substituents is 1. The highest BCUT2D eigenvalue weighted by atomic mass is 32.1. The van der Waals surface area contributed by atoms with Gasteiger partial charge in [-0.25, -0.2) is 0 Å². The number of aliphatic hydroxyl groups is 1. The number of hydrogen-bond acceptors (Lipinski definition) is 5. The predicted octanol–water partition coefficient (Wildman–Crippen LogP) is 3.21. The van der Waals surface area contributed by atoms with E-state index in [1.54, 1.807) is 19.1 Å².